The number of rotatable bonds is 3. The first kappa shape index (κ1) is 15.3. The number of hydrogen-bond donors (Lipinski definition) is 2. The van der Waals surface area contributed by atoms with Gasteiger partial charge in [-0.25, -0.2) is 4.79 Å². The molecule has 2 amide bonds. The molecule has 1 saturated heterocycles. The van der Waals surface area contributed by atoms with E-state index in [4.69, 9.17) is 0 Å². The van der Waals surface area contributed by atoms with E-state index >= 15 is 0 Å². The number of pyridine rings is 1. The first-order chi connectivity index (χ1) is 11.1. The highest BCUT2D eigenvalue weighted by Crippen LogP contribution is 2.11. The maximum atomic E-state index is 12.5. The second kappa shape index (κ2) is 6.66. The molecular formula is C17H19N3O3. The molecule has 1 aromatic heterocycles. The van der Waals surface area contributed by atoms with Gasteiger partial charge in [-0.15, -0.1) is 0 Å². The van der Waals surface area contributed by atoms with E-state index in [0.717, 1.165) is 5.56 Å². The van der Waals surface area contributed by atoms with E-state index in [1.807, 2.05) is 30.3 Å². The van der Waals surface area contributed by atoms with Crippen LogP contribution in [0.25, 0.3) is 0 Å². The predicted molar refractivity (Wildman–Crippen MR) is 87.5 cm³/mol. The van der Waals surface area contributed by atoms with Gasteiger partial charge in [0, 0.05) is 19.3 Å². The van der Waals surface area contributed by atoms with Crippen LogP contribution >= 0.6 is 0 Å². The number of likely N-dealkylation sites (tertiary alicyclic amines) is 1. The zero-order chi connectivity index (χ0) is 16.2. The molecule has 3 rings (SSSR count). The number of anilines is 1. The standard InChI is InChI=1S/C17H19N3O3/c21-14-8-10-20(12-14)17(23)18-15-7-4-9-19(16(15)22)11-13-5-2-1-3-6-13/h1-7,9,14,21H,8,10-12H2,(H,18,23)/t14-/m1/s1. The van der Waals surface area contributed by atoms with Crippen LogP contribution in [-0.4, -0.2) is 39.8 Å². The van der Waals surface area contributed by atoms with Crippen molar-refractivity contribution in [2.24, 2.45) is 0 Å². The molecule has 1 aromatic carbocycles. The van der Waals surface area contributed by atoms with Gasteiger partial charge in [0.15, 0.2) is 0 Å². The molecule has 23 heavy (non-hydrogen) atoms. The third kappa shape index (κ3) is 3.60. The number of aliphatic hydroxyl groups excluding tert-OH is 1. The van der Waals surface area contributed by atoms with Gasteiger partial charge in [0.2, 0.25) is 0 Å². The summed E-state index contributed by atoms with van der Waals surface area (Å²) in [6.45, 7) is 1.25. The molecule has 0 unspecified atom stereocenters. The third-order valence-electron chi connectivity index (χ3n) is 3.91. The van der Waals surface area contributed by atoms with Crippen molar-refractivity contribution in [1.82, 2.24) is 9.47 Å². The normalized spacial score (nSPS) is 17.3. The second-order valence-corrected chi connectivity index (χ2v) is 5.66. The van der Waals surface area contributed by atoms with Gasteiger partial charge in [0.25, 0.3) is 5.56 Å². The summed E-state index contributed by atoms with van der Waals surface area (Å²) in [4.78, 5) is 26.1. The summed E-state index contributed by atoms with van der Waals surface area (Å²) in [6.07, 6.45) is 1.79. The molecule has 0 saturated carbocycles. The van der Waals surface area contributed by atoms with Crippen LogP contribution in [0.3, 0.4) is 0 Å². The van der Waals surface area contributed by atoms with Crippen molar-refractivity contribution in [1.29, 1.82) is 0 Å². The molecule has 2 N–H and O–H groups in total. The van der Waals surface area contributed by atoms with E-state index in [0.29, 0.717) is 26.1 Å². The minimum atomic E-state index is -0.480. The lowest BCUT2D eigenvalue weighted by Crippen LogP contribution is -2.36. The first-order valence-corrected chi connectivity index (χ1v) is 7.61. The Bertz CT molecular complexity index is 742. The zero-order valence-corrected chi connectivity index (χ0v) is 12.7. The van der Waals surface area contributed by atoms with Gasteiger partial charge in [0.05, 0.1) is 12.6 Å². The van der Waals surface area contributed by atoms with Gasteiger partial charge >= 0.3 is 6.03 Å². The van der Waals surface area contributed by atoms with Gasteiger partial charge in [-0.3, -0.25) is 4.79 Å². The number of nitrogens with one attached hydrogen (secondary N) is 1. The summed E-state index contributed by atoms with van der Waals surface area (Å²) in [5.74, 6) is 0. The van der Waals surface area contributed by atoms with E-state index in [1.54, 1.807) is 22.9 Å². The number of β-amino-alcohol motifs (C(OH)–C–C–N with tert-alkyl or cyclic N) is 1. The summed E-state index contributed by atoms with van der Waals surface area (Å²) in [7, 11) is 0. The summed E-state index contributed by atoms with van der Waals surface area (Å²) < 4.78 is 1.56. The highest BCUT2D eigenvalue weighted by atomic mass is 16.3. The zero-order valence-electron chi connectivity index (χ0n) is 12.7. The highest BCUT2D eigenvalue weighted by molar-refractivity contribution is 5.89. The fourth-order valence-corrected chi connectivity index (χ4v) is 2.66. The third-order valence-corrected chi connectivity index (χ3v) is 3.91. The number of carbonyl (C=O) groups excluding carboxylic acids is 1. The Morgan fingerprint density at radius 3 is 2.70 bits per heavy atom. The van der Waals surface area contributed by atoms with E-state index in [1.165, 1.54) is 4.90 Å². The highest BCUT2D eigenvalue weighted by Gasteiger charge is 2.24. The molecule has 2 aromatic rings. The molecule has 0 radical (unpaired) electrons. The number of benzene rings is 1. The van der Waals surface area contributed by atoms with Crippen molar-refractivity contribution < 1.29 is 9.90 Å². The first-order valence-electron chi connectivity index (χ1n) is 7.61. The quantitative estimate of drug-likeness (QED) is 0.901. The summed E-state index contributed by atoms with van der Waals surface area (Å²) in [5, 5.41) is 12.1. The number of aliphatic hydroxyl groups is 1. The van der Waals surface area contributed by atoms with Crippen LogP contribution in [0.2, 0.25) is 0 Å². The molecule has 1 fully saturated rings. The van der Waals surface area contributed by atoms with Crippen molar-refractivity contribution in [2.75, 3.05) is 18.4 Å². The van der Waals surface area contributed by atoms with Crippen molar-refractivity contribution in [3.8, 4) is 0 Å². The van der Waals surface area contributed by atoms with Crippen LogP contribution in [0.5, 0.6) is 0 Å². The van der Waals surface area contributed by atoms with E-state index < -0.39 is 6.10 Å². The van der Waals surface area contributed by atoms with Crippen LogP contribution in [-0.2, 0) is 6.54 Å². The van der Waals surface area contributed by atoms with E-state index in [9.17, 15) is 14.7 Å². The van der Waals surface area contributed by atoms with Crippen LogP contribution in [0.4, 0.5) is 10.5 Å². The fourth-order valence-electron chi connectivity index (χ4n) is 2.66. The molecule has 1 aliphatic heterocycles. The minimum Gasteiger partial charge on any atom is -0.391 e. The van der Waals surface area contributed by atoms with Crippen LogP contribution in [0.1, 0.15) is 12.0 Å². The van der Waals surface area contributed by atoms with E-state index in [-0.39, 0.29) is 17.3 Å². The molecule has 120 valence electrons. The average molecular weight is 313 g/mol. The molecule has 2 heterocycles. The Morgan fingerprint density at radius 2 is 2.00 bits per heavy atom. The Balaban J connectivity index is 1.75. The van der Waals surface area contributed by atoms with Crippen LogP contribution < -0.4 is 10.9 Å². The lowest BCUT2D eigenvalue weighted by Gasteiger charge is -2.16. The minimum absolute atomic E-state index is 0.245. The lowest BCUT2D eigenvalue weighted by atomic mass is 10.2. The maximum Gasteiger partial charge on any atom is 0.322 e. The lowest BCUT2D eigenvalue weighted by molar-refractivity contribution is 0.176. The Hall–Kier alpha value is -2.60. The van der Waals surface area contributed by atoms with Gasteiger partial charge in [0.1, 0.15) is 5.69 Å². The molecular weight excluding hydrogens is 294 g/mol. The Labute approximate surface area is 134 Å². The van der Waals surface area contributed by atoms with Crippen LogP contribution in [0, 0.1) is 0 Å². The van der Waals surface area contributed by atoms with Gasteiger partial charge in [-0.05, 0) is 24.1 Å². The van der Waals surface area contributed by atoms with Crippen molar-refractivity contribution in [2.45, 2.75) is 19.1 Å². The fraction of sp³-hybridized carbons (Fsp3) is 0.294. The van der Waals surface area contributed by atoms with Gasteiger partial charge < -0.3 is 19.9 Å². The summed E-state index contributed by atoms with van der Waals surface area (Å²) >= 11 is 0. The molecule has 6 heteroatoms. The van der Waals surface area contributed by atoms with Crippen molar-refractivity contribution >= 4 is 11.7 Å². The second-order valence-electron chi connectivity index (χ2n) is 5.66. The Morgan fingerprint density at radius 1 is 1.22 bits per heavy atom. The monoisotopic (exact) mass is 313 g/mol. The largest absolute Gasteiger partial charge is 0.391 e. The number of hydrogen-bond acceptors (Lipinski definition) is 3. The SMILES string of the molecule is O=C(Nc1cccn(Cc2ccccc2)c1=O)N1CC[C@@H](O)C1. The molecule has 0 bridgehead atoms. The number of nitrogens with zero attached hydrogens (tertiary/aromatic N) is 2. The number of carbonyl (C=O) groups is 1. The van der Waals surface area contributed by atoms with Crippen LogP contribution in [0.15, 0.2) is 53.5 Å². The summed E-state index contributed by atoms with van der Waals surface area (Å²) in [6, 6.07) is 12.6. The predicted octanol–water partition coefficient (Wildman–Crippen LogP) is 1.50. The topological polar surface area (TPSA) is 74.6 Å². The Kier molecular flexibility index (Phi) is 4.43. The van der Waals surface area contributed by atoms with E-state index in [2.05, 4.69) is 5.32 Å². The smallest absolute Gasteiger partial charge is 0.322 e. The molecule has 1 aliphatic rings. The number of amides is 2. The number of aromatic nitrogens is 1. The summed E-state index contributed by atoms with van der Waals surface area (Å²) in [5.41, 5.74) is 1.01. The molecule has 0 aliphatic carbocycles. The maximum absolute atomic E-state index is 12.5. The van der Waals surface area contributed by atoms with Gasteiger partial charge in [-0.1, -0.05) is 30.3 Å². The molecule has 1 atom stereocenters. The molecule has 6 nitrogen and oxygen atoms in total. The average Bonchev–Trinajstić information content (AvgIpc) is 2.99. The van der Waals surface area contributed by atoms with Crippen molar-refractivity contribution in [3.05, 3.63) is 64.6 Å². The van der Waals surface area contributed by atoms with Crippen molar-refractivity contribution in [3.63, 3.8) is 0 Å². The van der Waals surface area contributed by atoms with Gasteiger partial charge in [-0.2, -0.15) is 0 Å². The number of urea groups is 1. The molecule has 0 spiro atoms.